The Morgan fingerprint density at radius 3 is 2.18 bits per heavy atom. The number of hydrogen-bond acceptors (Lipinski definition) is 5. The van der Waals surface area contributed by atoms with Crippen LogP contribution in [0.5, 0.6) is 5.75 Å². The monoisotopic (exact) mass is 534 g/mol. The number of ether oxygens (including phenoxy) is 1. The zero-order valence-electron chi connectivity index (χ0n) is 23.4. The molecule has 9 heteroatoms. The summed E-state index contributed by atoms with van der Waals surface area (Å²) in [6, 6.07) is 8.73. The number of carbonyl (C=O) groups excluding carboxylic acids is 1. The van der Waals surface area contributed by atoms with Crippen LogP contribution in [-0.2, 0) is 6.18 Å². The van der Waals surface area contributed by atoms with Crippen molar-refractivity contribution in [3.8, 4) is 5.75 Å². The van der Waals surface area contributed by atoms with E-state index in [9.17, 15) is 18.0 Å². The number of halogens is 3. The third kappa shape index (κ3) is 7.48. The third-order valence-corrected chi connectivity index (χ3v) is 7.45. The van der Waals surface area contributed by atoms with E-state index < -0.39 is 11.7 Å². The van der Waals surface area contributed by atoms with Gasteiger partial charge in [-0.05, 0) is 88.8 Å². The number of rotatable bonds is 9. The molecule has 1 aliphatic heterocycles. The maximum Gasteiger partial charge on any atom is 0.416 e. The maximum atomic E-state index is 12.8. The van der Waals surface area contributed by atoms with Gasteiger partial charge in [-0.25, -0.2) is 0 Å². The van der Waals surface area contributed by atoms with E-state index >= 15 is 0 Å². The van der Waals surface area contributed by atoms with Crippen LogP contribution in [0, 0.1) is 13.8 Å². The average Bonchev–Trinajstić information content (AvgIpc) is 2.84. The van der Waals surface area contributed by atoms with Crippen molar-refractivity contribution in [3.63, 3.8) is 0 Å². The van der Waals surface area contributed by atoms with Crippen LogP contribution in [0.1, 0.15) is 58.9 Å². The number of carbonyl (C=O) groups is 1. The van der Waals surface area contributed by atoms with Gasteiger partial charge in [0.05, 0.1) is 12.2 Å². The lowest BCUT2D eigenvalue weighted by Crippen LogP contribution is -2.49. The first-order chi connectivity index (χ1) is 17.7. The minimum atomic E-state index is -4.41. The van der Waals surface area contributed by atoms with Crippen molar-refractivity contribution >= 4 is 5.91 Å². The molecule has 1 heterocycles. The number of nitrogens with two attached hydrogens (primary N) is 1. The molecule has 1 saturated heterocycles. The van der Waals surface area contributed by atoms with Crippen LogP contribution in [-0.4, -0.2) is 79.6 Å². The molecule has 2 unspecified atom stereocenters. The second-order valence-electron chi connectivity index (χ2n) is 11.0. The molecule has 38 heavy (non-hydrogen) atoms. The number of likely N-dealkylation sites (N-methyl/N-ethyl adjacent to an activating group) is 1. The van der Waals surface area contributed by atoms with E-state index in [1.807, 2.05) is 27.1 Å². The van der Waals surface area contributed by atoms with Crippen LogP contribution in [0.25, 0.3) is 0 Å². The number of nitrogens with zero attached hydrogens (tertiary/aromatic N) is 3. The van der Waals surface area contributed by atoms with Crippen LogP contribution in [0.15, 0.2) is 36.4 Å². The zero-order valence-corrected chi connectivity index (χ0v) is 23.4. The highest BCUT2D eigenvalue weighted by molar-refractivity contribution is 5.94. The molecule has 0 aromatic heterocycles. The van der Waals surface area contributed by atoms with Gasteiger partial charge in [0.1, 0.15) is 5.75 Å². The molecule has 2 atom stereocenters. The summed E-state index contributed by atoms with van der Waals surface area (Å²) in [6.07, 6.45) is -3.67. The van der Waals surface area contributed by atoms with Gasteiger partial charge in [0.25, 0.3) is 5.91 Å². The number of benzene rings is 2. The van der Waals surface area contributed by atoms with E-state index in [-0.39, 0.29) is 23.1 Å². The quantitative estimate of drug-likeness (QED) is 0.497. The highest BCUT2D eigenvalue weighted by Gasteiger charge is 2.31. The predicted octanol–water partition coefficient (Wildman–Crippen LogP) is 4.89. The number of piperazine rings is 1. The lowest BCUT2D eigenvalue weighted by Gasteiger charge is -2.39. The molecule has 0 aliphatic carbocycles. The van der Waals surface area contributed by atoms with Crippen molar-refractivity contribution in [2.75, 3.05) is 53.4 Å². The maximum absolute atomic E-state index is 12.8. The van der Waals surface area contributed by atoms with Gasteiger partial charge in [0, 0.05) is 56.3 Å². The summed E-state index contributed by atoms with van der Waals surface area (Å²) in [5.41, 5.74) is 9.09. The molecule has 0 saturated carbocycles. The van der Waals surface area contributed by atoms with E-state index in [0.717, 1.165) is 36.4 Å². The lowest BCUT2D eigenvalue weighted by molar-refractivity contribution is -0.137. The summed E-state index contributed by atoms with van der Waals surface area (Å²) in [6.45, 7) is 12.1. The molecule has 0 spiro atoms. The van der Waals surface area contributed by atoms with E-state index in [0.29, 0.717) is 32.8 Å². The van der Waals surface area contributed by atoms with E-state index in [1.165, 1.54) is 23.3 Å². The van der Waals surface area contributed by atoms with Crippen LogP contribution in [0.4, 0.5) is 13.2 Å². The van der Waals surface area contributed by atoms with Crippen molar-refractivity contribution in [3.05, 3.63) is 64.2 Å². The fourth-order valence-corrected chi connectivity index (χ4v) is 5.11. The Labute approximate surface area is 224 Å². The Bertz CT molecular complexity index is 1090. The summed E-state index contributed by atoms with van der Waals surface area (Å²) in [4.78, 5) is 19.0. The van der Waals surface area contributed by atoms with Crippen LogP contribution in [0.2, 0.25) is 0 Å². The first kappa shape index (κ1) is 29.9. The van der Waals surface area contributed by atoms with E-state index in [4.69, 9.17) is 10.5 Å². The first-order valence-electron chi connectivity index (χ1n) is 13.1. The molecular weight excluding hydrogens is 493 g/mol. The normalized spacial score (nSPS) is 17.4. The van der Waals surface area contributed by atoms with Crippen molar-refractivity contribution in [2.24, 2.45) is 5.73 Å². The molecular formula is C29H41F3N4O2. The predicted molar refractivity (Wildman–Crippen MR) is 145 cm³/mol. The number of alkyl halides is 3. The van der Waals surface area contributed by atoms with Gasteiger partial charge in [0.2, 0.25) is 0 Å². The molecule has 0 bridgehead atoms. The number of amides is 1. The van der Waals surface area contributed by atoms with E-state index in [1.54, 1.807) is 4.90 Å². The Hall–Kier alpha value is -2.62. The first-order valence-corrected chi connectivity index (χ1v) is 13.1. The highest BCUT2D eigenvalue weighted by Crippen LogP contribution is 2.32. The van der Waals surface area contributed by atoms with Gasteiger partial charge in [-0.1, -0.05) is 6.07 Å². The zero-order chi connectivity index (χ0) is 28.3. The van der Waals surface area contributed by atoms with Crippen LogP contribution in [0.3, 0.4) is 0 Å². The number of hydrogen-bond donors (Lipinski definition) is 1. The molecule has 210 valence electrons. The summed E-state index contributed by atoms with van der Waals surface area (Å²) >= 11 is 0. The summed E-state index contributed by atoms with van der Waals surface area (Å²) in [5.74, 6) is 0.629. The lowest BCUT2D eigenvalue weighted by atomic mass is 9.96. The second-order valence-corrected chi connectivity index (χ2v) is 11.0. The van der Waals surface area contributed by atoms with E-state index in [2.05, 4.69) is 36.6 Å². The summed E-state index contributed by atoms with van der Waals surface area (Å²) in [7, 11) is 4.02. The topological polar surface area (TPSA) is 62.0 Å². The molecule has 2 aromatic rings. The SMILES string of the molecule is Cc1c(OCCC(C)(N)CN(C)C)ccc(C(C)N2CCN(C(=O)c3ccc(C(F)(F)F)cc3)CC2)c1C. The van der Waals surface area contributed by atoms with Crippen molar-refractivity contribution in [2.45, 2.75) is 51.9 Å². The molecule has 1 fully saturated rings. The smallest absolute Gasteiger partial charge is 0.416 e. The molecule has 3 rings (SSSR count). The molecule has 2 aromatic carbocycles. The fraction of sp³-hybridized carbons (Fsp3) is 0.552. The molecule has 2 N–H and O–H groups in total. The molecule has 0 radical (unpaired) electrons. The Kier molecular flexibility index (Phi) is 9.49. The second kappa shape index (κ2) is 12.1. The largest absolute Gasteiger partial charge is 0.493 e. The third-order valence-electron chi connectivity index (χ3n) is 7.45. The molecule has 6 nitrogen and oxygen atoms in total. The minimum Gasteiger partial charge on any atom is -0.493 e. The average molecular weight is 535 g/mol. The van der Waals surface area contributed by atoms with Gasteiger partial charge in [-0.2, -0.15) is 13.2 Å². The molecule has 1 aliphatic rings. The summed E-state index contributed by atoms with van der Waals surface area (Å²) < 4.78 is 44.6. The van der Waals surface area contributed by atoms with Crippen molar-refractivity contribution < 1.29 is 22.7 Å². The van der Waals surface area contributed by atoms with Crippen molar-refractivity contribution in [1.82, 2.24) is 14.7 Å². The van der Waals surface area contributed by atoms with Crippen LogP contribution < -0.4 is 10.5 Å². The minimum absolute atomic E-state index is 0.151. The molecule has 1 amide bonds. The summed E-state index contributed by atoms with van der Waals surface area (Å²) in [5, 5.41) is 0. The van der Waals surface area contributed by atoms with Gasteiger partial charge in [-0.3, -0.25) is 9.69 Å². The Morgan fingerprint density at radius 1 is 1.03 bits per heavy atom. The van der Waals surface area contributed by atoms with Gasteiger partial charge >= 0.3 is 6.18 Å². The van der Waals surface area contributed by atoms with Crippen LogP contribution >= 0.6 is 0 Å². The standard InChI is InChI=1S/C29H41F3N4O2/c1-20-21(2)26(38-18-13-28(4,33)19-34(5)6)12-11-25(20)22(3)35-14-16-36(17-15-35)27(37)23-7-9-24(10-8-23)29(30,31)32/h7-12,22H,13-19,33H2,1-6H3. The Balaban J connectivity index is 1.57. The van der Waals surface area contributed by atoms with Gasteiger partial charge < -0.3 is 20.3 Å². The fourth-order valence-electron chi connectivity index (χ4n) is 5.11. The van der Waals surface area contributed by atoms with Gasteiger partial charge in [0.15, 0.2) is 0 Å². The van der Waals surface area contributed by atoms with Crippen molar-refractivity contribution in [1.29, 1.82) is 0 Å². The Morgan fingerprint density at radius 2 is 1.63 bits per heavy atom. The highest BCUT2D eigenvalue weighted by atomic mass is 19.4. The van der Waals surface area contributed by atoms with Gasteiger partial charge in [-0.15, -0.1) is 0 Å².